The van der Waals surface area contributed by atoms with Crippen molar-refractivity contribution in [2.75, 3.05) is 0 Å². The Bertz CT molecular complexity index is 1680. The number of hydrogen-bond donors (Lipinski definition) is 1. The van der Waals surface area contributed by atoms with E-state index < -0.39 is 5.97 Å². The first-order valence-corrected chi connectivity index (χ1v) is 11.9. The molecule has 0 aliphatic rings. The number of benzene rings is 3. The summed E-state index contributed by atoms with van der Waals surface area (Å²) < 4.78 is 4.22. The molecule has 8 heteroatoms. The summed E-state index contributed by atoms with van der Waals surface area (Å²) in [5.41, 5.74) is 3.38. The van der Waals surface area contributed by atoms with E-state index >= 15 is 0 Å². The van der Waals surface area contributed by atoms with Crippen LogP contribution < -0.4 is 5.56 Å². The normalized spacial score (nSPS) is 11.6. The molecule has 0 radical (unpaired) electrons. The summed E-state index contributed by atoms with van der Waals surface area (Å²) in [7, 11) is 0. The van der Waals surface area contributed by atoms with Crippen molar-refractivity contribution in [3.63, 3.8) is 0 Å². The van der Waals surface area contributed by atoms with E-state index in [1.807, 2.05) is 55.6 Å². The van der Waals surface area contributed by atoms with Gasteiger partial charge in [0.25, 0.3) is 5.56 Å². The van der Waals surface area contributed by atoms with Gasteiger partial charge in [-0.05, 0) is 42.0 Å². The van der Waals surface area contributed by atoms with Crippen LogP contribution in [0.4, 0.5) is 0 Å². The Labute approximate surface area is 209 Å². The number of carboxylic acids is 1. The number of halogens is 1. The predicted molar refractivity (Wildman–Crippen MR) is 141 cm³/mol. The molecule has 35 heavy (non-hydrogen) atoms. The van der Waals surface area contributed by atoms with Crippen LogP contribution in [0.1, 0.15) is 34.2 Å². The van der Waals surface area contributed by atoms with E-state index in [-0.39, 0.29) is 11.1 Å². The first kappa shape index (κ1) is 22.7. The molecule has 5 aromatic rings. The quantitative estimate of drug-likeness (QED) is 0.302. The van der Waals surface area contributed by atoms with Crippen molar-refractivity contribution in [3.8, 4) is 0 Å². The van der Waals surface area contributed by atoms with E-state index in [0.29, 0.717) is 29.7 Å². The van der Waals surface area contributed by atoms with Crippen LogP contribution in [0.3, 0.4) is 0 Å². The zero-order chi connectivity index (χ0) is 24.5. The molecule has 0 aliphatic carbocycles. The molecule has 2 heterocycles. The second-order valence-electron chi connectivity index (χ2n) is 8.14. The van der Waals surface area contributed by atoms with Gasteiger partial charge < -0.3 is 9.67 Å². The number of hydrogen-bond acceptors (Lipinski definition) is 4. The Morgan fingerprint density at radius 3 is 2.71 bits per heavy atom. The number of fused-ring (bicyclic) bond motifs is 2. The number of aryl methyl sites for hydroxylation is 1. The van der Waals surface area contributed by atoms with Crippen molar-refractivity contribution < 1.29 is 9.90 Å². The van der Waals surface area contributed by atoms with E-state index in [4.69, 9.17) is 0 Å². The largest absolute Gasteiger partial charge is 0.478 e. The van der Waals surface area contributed by atoms with Gasteiger partial charge in [-0.3, -0.25) is 4.79 Å². The highest BCUT2D eigenvalue weighted by Gasteiger charge is 2.12. The summed E-state index contributed by atoms with van der Waals surface area (Å²) in [5, 5.41) is 15.3. The van der Waals surface area contributed by atoms with Crippen LogP contribution in [0, 0.1) is 0 Å². The van der Waals surface area contributed by atoms with E-state index in [2.05, 4.69) is 30.6 Å². The summed E-state index contributed by atoms with van der Waals surface area (Å²) in [4.78, 5) is 29.2. The van der Waals surface area contributed by atoms with Gasteiger partial charge in [0, 0.05) is 40.1 Å². The average molecular weight is 529 g/mol. The molecular weight excluding hydrogens is 508 g/mol. The first-order chi connectivity index (χ1) is 16.9. The Morgan fingerprint density at radius 1 is 1.09 bits per heavy atom. The maximum absolute atomic E-state index is 13.2. The number of carbonyl (C=O) groups is 1. The van der Waals surface area contributed by atoms with Crippen molar-refractivity contribution in [1.29, 1.82) is 0 Å². The lowest BCUT2D eigenvalue weighted by atomic mass is 10.1. The molecule has 0 fully saturated rings. The van der Waals surface area contributed by atoms with E-state index in [0.717, 1.165) is 26.5 Å². The molecule has 0 aliphatic heterocycles. The average Bonchev–Trinajstić information content (AvgIpc) is 3.21. The number of carboxylic acid groups (broad SMARTS) is 1. The van der Waals surface area contributed by atoms with E-state index in [1.165, 1.54) is 4.68 Å². The third-order valence-corrected chi connectivity index (χ3v) is 6.34. The van der Waals surface area contributed by atoms with Gasteiger partial charge in [0.2, 0.25) is 0 Å². The number of aromatic nitrogens is 3. The Kier molecular flexibility index (Phi) is 6.05. The molecule has 5 rings (SSSR count). The lowest BCUT2D eigenvalue weighted by Crippen LogP contribution is -2.22. The van der Waals surface area contributed by atoms with Gasteiger partial charge in [-0.1, -0.05) is 53.2 Å². The van der Waals surface area contributed by atoms with Gasteiger partial charge in [0.05, 0.1) is 22.7 Å². The summed E-state index contributed by atoms with van der Waals surface area (Å²) in [6, 6.07) is 20.3. The smallest absolute Gasteiger partial charge is 0.335 e. The Balaban J connectivity index is 1.58. The number of rotatable bonds is 6. The van der Waals surface area contributed by atoms with Crippen molar-refractivity contribution in [1.82, 2.24) is 14.2 Å². The predicted octanol–water partition coefficient (Wildman–Crippen LogP) is 5.30. The van der Waals surface area contributed by atoms with Crippen LogP contribution in [-0.2, 0) is 13.0 Å². The maximum Gasteiger partial charge on any atom is 0.335 e. The lowest BCUT2D eigenvalue weighted by molar-refractivity contribution is 0.0696. The van der Waals surface area contributed by atoms with Gasteiger partial charge in [-0.2, -0.15) is 9.78 Å². The molecule has 174 valence electrons. The third-order valence-electron chi connectivity index (χ3n) is 5.85. The van der Waals surface area contributed by atoms with Crippen molar-refractivity contribution in [2.45, 2.75) is 19.9 Å². The maximum atomic E-state index is 13.2. The molecule has 0 unspecified atom stereocenters. The van der Waals surface area contributed by atoms with Crippen molar-refractivity contribution in [2.24, 2.45) is 5.10 Å². The third kappa shape index (κ3) is 4.40. The summed E-state index contributed by atoms with van der Waals surface area (Å²) in [6.45, 7) is 2.44. The highest BCUT2D eigenvalue weighted by atomic mass is 79.9. The SMILES string of the molecule is CCc1nc2ccc(Br)cc2c(=O)n1N=Cc1cn(Cc2cccc(C(=O)O)c2)c2ccccc12. The van der Waals surface area contributed by atoms with E-state index in [1.54, 1.807) is 30.5 Å². The number of nitrogens with zero attached hydrogens (tertiary/aromatic N) is 4. The fourth-order valence-corrected chi connectivity index (χ4v) is 4.53. The molecule has 2 aromatic heterocycles. The van der Waals surface area contributed by atoms with Crippen LogP contribution in [0.15, 0.2) is 87.3 Å². The second kappa shape index (κ2) is 9.31. The Hall–Kier alpha value is -4.04. The second-order valence-corrected chi connectivity index (χ2v) is 9.06. The fraction of sp³-hybridized carbons (Fsp3) is 0.111. The first-order valence-electron chi connectivity index (χ1n) is 11.1. The minimum absolute atomic E-state index is 0.223. The topological polar surface area (TPSA) is 89.5 Å². The minimum Gasteiger partial charge on any atom is -0.478 e. The van der Waals surface area contributed by atoms with Gasteiger partial charge >= 0.3 is 5.97 Å². The van der Waals surface area contributed by atoms with Crippen LogP contribution in [0.2, 0.25) is 0 Å². The zero-order valence-corrected chi connectivity index (χ0v) is 20.4. The monoisotopic (exact) mass is 528 g/mol. The van der Waals surface area contributed by atoms with Crippen molar-refractivity contribution in [3.05, 3.63) is 110 Å². The van der Waals surface area contributed by atoms with Gasteiger partial charge in [-0.25, -0.2) is 9.78 Å². The standard InChI is InChI=1S/C27H21BrN4O3/c1-2-25-30-23-11-10-20(28)13-22(23)26(33)32(25)29-14-19-16-31(24-9-4-3-8-21(19)24)15-17-6-5-7-18(12-17)27(34)35/h3-14,16H,2,15H2,1H3,(H,34,35). The highest BCUT2D eigenvalue weighted by molar-refractivity contribution is 9.10. The van der Waals surface area contributed by atoms with Crippen LogP contribution in [0.5, 0.6) is 0 Å². The molecule has 3 aromatic carbocycles. The Morgan fingerprint density at radius 2 is 1.91 bits per heavy atom. The molecular formula is C27H21BrN4O3. The van der Waals surface area contributed by atoms with Crippen LogP contribution >= 0.6 is 15.9 Å². The molecule has 7 nitrogen and oxygen atoms in total. The highest BCUT2D eigenvalue weighted by Crippen LogP contribution is 2.22. The van der Waals surface area contributed by atoms with E-state index in [9.17, 15) is 14.7 Å². The fourth-order valence-electron chi connectivity index (χ4n) is 4.17. The van der Waals surface area contributed by atoms with Crippen molar-refractivity contribution >= 4 is 49.9 Å². The lowest BCUT2D eigenvalue weighted by Gasteiger charge is -2.07. The zero-order valence-electron chi connectivity index (χ0n) is 18.9. The van der Waals surface area contributed by atoms with Crippen LogP contribution in [0.25, 0.3) is 21.8 Å². The van der Waals surface area contributed by atoms with Gasteiger partial charge in [0.1, 0.15) is 5.82 Å². The molecule has 1 N–H and O–H groups in total. The number of aromatic carboxylic acids is 1. The molecule has 0 saturated heterocycles. The minimum atomic E-state index is -0.953. The summed E-state index contributed by atoms with van der Waals surface area (Å²) in [6.07, 6.45) is 4.20. The molecule has 0 amide bonds. The summed E-state index contributed by atoms with van der Waals surface area (Å²) >= 11 is 3.42. The summed E-state index contributed by atoms with van der Waals surface area (Å²) in [5.74, 6) is -0.375. The van der Waals surface area contributed by atoms with Gasteiger partial charge in [-0.15, -0.1) is 0 Å². The molecule has 0 atom stereocenters. The molecule has 0 bridgehead atoms. The number of para-hydroxylation sites is 1. The molecule has 0 spiro atoms. The van der Waals surface area contributed by atoms with Gasteiger partial charge in [0.15, 0.2) is 0 Å². The molecule has 0 saturated carbocycles. The van der Waals surface area contributed by atoms with Crippen LogP contribution in [-0.4, -0.2) is 31.5 Å².